The first-order valence-electron chi connectivity index (χ1n) is 5.07. The highest BCUT2D eigenvalue weighted by molar-refractivity contribution is 5.54. The molecule has 1 heterocycles. The van der Waals surface area contributed by atoms with E-state index in [1.807, 2.05) is 31.3 Å². The predicted molar refractivity (Wildman–Crippen MR) is 61.3 cm³/mol. The molecule has 1 aromatic heterocycles. The first-order chi connectivity index (χ1) is 7.83. The van der Waals surface area contributed by atoms with Gasteiger partial charge in [-0.25, -0.2) is 4.98 Å². The van der Waals surface area contributed by atoms with Crippen LogP contribution in [0.5, 0.6) is 5.75 Å². The van der Waals surface area contributed by atoms with E-state index in [-0.39, 0.29) is 0 Å². The molecule has 0 radical (unpaired) electrons. The van der Waals surface area contributed by atoms with Gasteiger partial charge in [0.15, 0.2) is 0 Å². The molecule has 2 aromatic rings. The molecule has 0 saturated heterocycles. The van der Waals surface area contributed by atoms with Gasteiger partial charge in [0.25, 0.3) is 0 Å². The minimum Gasteiger partial charge on any atom is -0.497 e. The zero-order valence-corrected chi connectivity index (χ0v) is 9.36. The summed E-state index contributed by atoms with van der Waals surface area (Å²) < 4.78 is 10.7. The maximum absolute atomic E-state index is 5.57. The molecule has 84 valence electrons. The van der Waals surface area contributed by atoms with Gasteiger partial charge in [0.05, 0.1) is 19.9 Å². The van der Waals surface area contributed by atoms with Crippen LogP contribution in [0.4, 0.5) is 0 Å². The molecule has 1 N–H and O–H groups in total. The normalized spacial score (nSPS) is 10.4. The molecule has 16 heavy (non-hydrogen) atoms. The Hall–Kier alpha value is -1.81. The van der Waals surface area contributed by atoms with Gasteiger partial charge in [-0.05, 0) is 31.3 Å². The van der Waals surface area contributed by atoms with Crippen molar-refractivity contribution in [1.82, 2.24) is 10.3 Å². The first kappa shape index (κ1) is 10.7. The summed E-state index contributed by atoms with van der Waals surface area (Å²) in [7, 11) is 3.51. The molecule has 2 rings (SSSR count). The van der Waals surface area contributed by atoms with Crippen molar-refractivity contribution in [2.45, 2.75) is 6.54 Å². The van der Waals surface area contributed by atoms with Crippen LogP contribution in [-0.2, 0) is 6.54 Å². The lowest BCUT2D eigenvalue weighted by Crippen LogP contribution is -2.03. The van der Waals surface area contributed by atoms with Gasteiger partial charge in [0, 0.05) is 5.56 Å². The van der Waals surface area contributed by atoms with Crippen molar-refractivity contribution in [3.8, 4) is 17.2 Å². The van der Waals surface area contributed by atoms with Crippen molar-refractivity contribution >= 4 is 0 Å². The average Bonchev–Trinajstić information content (AvgIpc) is 2.78. The lowest BCUT2D eigenvalue weighted by Gasteiger charge is -1.99. The minimum atomic E-state index is 0.632. The molecule has 0 atom stereocenters. The highest BCUT2D eigenvalue weighted by Crippen LogP contribution is 2.21. The summed E-state index contributed by atoms with van der Waals surface area (Å²) in [4.78, 5) is 4.21. The van der Waals surface area contributed by atoms with Gasteiger partial charge in [-0.3, -0.25) is 0 Å². The predicted octanol–water partition coefficient (Wildman–Crippen LogP) is 2.07. The summed E-state index contributed by atoms with van der Waals surface area (Å²) in [5.41, 5.74) is 0.947. The monoisotopic (exact) mass is 218 g/mol. The summed E-state index contributed by atoms with van der Waals surface area (Å²) in [5.74, 6) is 2.28. The largest absolute Gasteiger partial charge is 0.497 e. The second kappa shape index (κ2) is 4.81. The van der Waals surface area contributed by atoms with Crippen LogP contribution in [0.25, 0.3) is 11.5 Å². The third-order valence-electron chi connectivity index (χ3n) is 2.24. The van der Waals surface area contributed by atoms with Crippen LogP contribution >= 0.6 is 0 Å². The Kier molecular flexibility index (Phi) is 3.22. The minimum absolute atomic E-state index is 0.632. The highest BCUT2D eigenvalue weighted by Gasteiger charge is 2.05. The molecule has 0 spiro atoms. The van der Waals surface area contributed by atoms with E-state index in [0.29, 0.717) is 12.4 Å². The van der Waals surface area contributed by atoms with Crippen molar-refractivity contribution in [3.63, 3.8) is 0 Å². The lowest BCUT2D eigenvalue weighted by molar-refractivity contribution is 0.415. The summed E-state index contributed by atoms with van der Waals surface area (Å²) in [6, 6.07) is 7.62. The number of nitrogens with one attached hydrogen (secondary N) is 1. The Bertz CT molecular complexity index is 448. The van der Waals surface area contributed by atoms with Crippen LogP contribution in [-0.4, -0.2) is 19.1 Å². The summed E-state index contributed by atoms with van der Waals surface area (Å²) >= 11 is 0. The Morgan fingerprint density at radius 1 is 1.31 bits per heavy atom. The zero-order valence-electron chi connectivity index (χ0n) is 9.36. The summed E-state index contributed by atoms with van der Waals surface area (Å²) in [5, 5.41) is 3.01. The molecule has 0 bridgehead atoms. The molecule has 4 nitrogen and oxygen atoms in total. The van der Waals surface area contributed by atoms with Gasteiger partial charge in [0.2, 0.25) is 5.89 Å². The molecule has 0 saturated carbocycles. The standard InChI is InChI=1S/C12H14N2O2/c1-13-7-11-8-14-12(16-11)9-3-5-10(15-2)6-4-9/h3-6,8,13H,7H2,1-2H3. The number of benzene rings is 1. The molecule has 0 aliphatic carbocycles. The number of oxazole rings is 1. The molecule has 0 aliphatic rings. The second-order valence-electron chi connectivity index (χ2n) is 3.39. The lowest BCUT2D eigenvalue weighted by atomic mass is 10.2. The van der Waals surface area contributed by atoms with Gasteiger partial charge in [-0.15, -0.1) is 0 Å². The summed E-state index contributed by atoms with van der Waals surface area (Å²) in [6.07, 6.45) is 1.73. The Morgan fingerprint density at radius 3 is 2.69 bits per heavy atom. The van der Waals surface area contributed by atoms with E-state index in [0.717, 1.165) is 17.1 Å². The van der Waals surface area contributed by atoms with Crippen molar-refractivity contribution in [2.24, 2.45) is 0 Å². The van der Waals surface area contributed by atoms with Crippen LogP contribution in [0, 0.1) is 0 Å². The van der Waals surface area contributed by atoms with E-state index in [4.69, 9.17) is 9.15 Å². The van der Waals surface area contributed by atoms with Crippen LogP contribution in [0.1, 0.15) is 5.76 Å². The smallest absolute Gasteiger partial charge is 0.226 e. The van der Waals surface area contributed by atoms with Crippen LogP contribution in [0.2, 0.25) is 0 Å². The second-order valence-corrected chi connectivity index (χ2v) is 3.39. The molecule has 4 heteroatoms. The van der Waals surface area contributed by atoms with Gasteiger partial charge < -0.3 is 14.5 Å². The van der Waals surface area contributed by atoms with Crippen LogP contribution < -0.4 is 10.1 Å². The molecule has 1 aromatic carbocycles. The number of nitrogens with zero attached hydrogens (tertiary/aromatic N) is 1. The van der Waals surface area contributed by atoms with E-state index in [9.17, 15) is 0 Å². The van der Waals surface area contributed by atoms with E-state index >= 15 is 0 Å². The van der Waals surface area contributed by atoms with Crippen LogP contribution in [0.15, 0.2) is 34.9 Å². The van der Waals surface area contributed by atoms with E-state index in [1.165, 1.54) is 0 Å². The number of aromatic nitrogens is 1. The van der Waals surface area contributed by atoms with Crippen molar-refractivity contribution in [2.75, 3.05) is 14.2 Å². The van der Waals surface area contributed by atoms with Crippen molar-refractivity contribution in [3.05, 3.63) is 36.2 Å². The molecule has 0 amide bonds. The number of rotatable bonds is 4. The average molecular weight is 218 g/mol. The molecular weight excluding hydrogens is 204 g/mol. The maximum atomic E-state index is 5.57. The SMILES string of the molecule is CNCc1cnc(-c2ccc(OC)cc2)o1. The van der Waals surface area contributed by atoms with E-state index in [2.05, 4.69) is 10.3 Å². The van der Waals surface area contributed by atoms with Gasteiger partial charge in [-0.2, -0.15) is 0 Å². The number of methoxy groups -OCH3 is 1. The Morgan fingerprint density at radius 2 is 2.06 bits per heavy atom. The van der Waals surface area contributed by atoms with E-state index < -0.39 is 0 Å². The van der Waals surface area contributed by atoms with Crippen molar-refractivity contribution in [1.29, 1.82) is 0 Å². The fraction of sp³-hybridized carbons (Fsp3) is 0.250. The molecule has 0 unspecified atom stereocenters. The zero-order chi connectivity index (χ0) is 11.4. The molecule has 0 fully saturated rings. The number of hydrogen-bond donors (Lipinski definition) is 1. The Balaban J connectivity index is 2.21. The number of ether oxygens (including phenoxy) is 1. The molecule has 0 aliphatic heterocycles. The Labute approximate surface area is 94.3 Å². The molecular formula is C12H14N2O2. The third-order valence-corrected chi connectivity index (χ3v) is 2.24. The fourth-order valence-corrected chi connectivity index (χ4v) is 1.43. The van der Waals surface area contributed by atoms with Crippen molar-refractivity contribution < 1.29 is 9.15 Å². The topological polar surface area (TPSA) is 47.3 Å². The van der Waals surface area contributed by atoms with E-state index in [1.54, 1.807) is 13.3 Å². The van der Waals surface area contributed by atoms with Gasteiger partial charge in [0.1, 0.15) is 11.5 Å². The number of hydrogen-bond acceptors (Lipinski definition) is 4. The van der Waals surface area contributed by atoms with Gasteiger partial charge in [-0.1, -0.05) is 0 Å². The quantitative estimate of drug-likeness (QED) is 0.853. The highest BCUT2D eigenvalue weighted by atomic mass is 16.5. The van der Waals surface area contributed by atoms with Gasteiger partial charge >= 0.3 is 0 Å². The third kappa shape index (κ3) is 2.23. The van der Waals surface area contributed by atoms with Crippen LogP contribution in [0.3, 0.4) is 0 Å². The fourth-order valence-electron chi connectivity index (χ4n) is 1.43. The summed E-state index contributed by atoms with van der Waals surface area (Å²) in [6.45, 7) is 0.684. The first-order valence-corrected chi connectivity index (χ1v) is 5.07. The maximum Gasteiger partial charge on any atom is 0.226 e.